The fourth-order valence-electron chi connectivity index (χ4n) is 3.24. The van der Waals surface area contributed by atoms with Gasteiger partial charge in [-0.05, 0) is 0 Å². The van der Waals surface area contributed by atoms with Crippen LogP contribution in [0.4, 0.5) is 0 Å². The lowest BCUT2D eigenvalue weighted by Gasteiger charge is -2.39. The van der Waals surface area contributed by atoms with Crippen molar-refractivity contribution in [3.8, 4) is 0 Å². The number of hydrogen-bond donors (Lipinski definition) is 9. The van der Waals surface area contributed by atoms with Gasteiger partial charge in [0.2, 0.25) is 0 Å². The van der Waals surface area contributed by atoms with Gasteiger partial charge in [-0.15, -0.1) is 0 Å². The van der Waals surface area contributed by atoms with Gasteiger partial charge in [0.15, 0.2) is 12.5 Å². The first-order chi connectivity index (χ1) is 17.3. The standard InChI is InChI=1S/C15H24N2O17P2/c18-3-5-8(20)10(22)12(24)14(32-5)33-36(28,29)34-35(26,27)30-4-6-9(21)11(23)13(31-6)17-2-1-7(19)16-15(17)25/h1-2,5-6,8-14,18,20-24H,3-4H2,(H,26,27)(H,28,29)(H,16,19,25)/t5-,6-,8+,9-,10+,11-,12-,13-,14-/m1/s1/i3T2. The Balaban J connectivity index is 1.63. The van der Waals surface area contributed by atoms with Crippen LogP contribution in [-0.2, 0) is 32.0 Å². The van der Waals surface area contributed by atoms with Crippen LogP contribution in [0.3, 0.4) is 0 Å². The van der Waals surface area contributed by atoms with Crippen molar-refractivity contribution in [2.75, 3.05) is 13.2 Å². The molecule has 0 radical (unpaired) electrons. The van der Waals surface area contributed by atoms with Gasteiger partial charge >= 0.3 is 21.3 Å². The van der Waals surface area contributed by atoms with Crippen LogP contribution < -0.4 is 11.2 Å². The number of phosphoric acid groups is 2. The van der Waals surface area contributed by atoms with Gasteiger partial charge in [-0.25, -0.2) is 13.9 Å². The van der Waals surface area contributed by atoms with Crippen LogP contribution in [-0.4, -0.2) is 112 Å². The van der Waals surface area contributed by atoms with Crippen molar-refractivity contribution in [2.45, 2.75) is 55.2 Å². The highest BCUT2D eigenvalue weighted by Crippen LogP contribution is 2.61. The molecule has 2 aliphatic heterocycles. The Labute approximate surface area is 202 Å². The van der Waals surface area contributed by atoms with Gasteiger partial charge < -0.3 is 49.9 Å². The predicted molar refractivity (Wildman–Crippen MR) is 109 cm³/mol. The van der Waals surface area contributed by atoms with E-state index in [-0.39, 0.29) is 0 Å². The molecule has 19 nitrogen and oxygen atoms in total. The zero-order valence-electron chi connectivity index (χ0n) is 19.7. The minimum Gasteiger partial charge on any atom is -0.394 e. The van der Waals surface area contributed by atoms with Gasteiger partial charge in [0.25, 0.3) is 5.56 Å². The lowest BCUT2D eigenvalue weighted by molar-refractivity contribution is -0.280. The molecule has 206 valence electrons. The summed E-state index contributed by atoms with van der Waals surface area (Å²) in [5.74, 6) is 0. The number of nitrogens with one attached hydrogen (secondary N) is 1. The van der Waals surface area contributed by atoms with Crippen molar-refractivity contribution in [1.82, 2.24) is 9.55 Å². The van der Waals surface area contributed by atoms with Gasteiger partial charge in [-0.1, -0.05) is 0 Å². The number of nitrogens with zero attached hydrogens (tertiary/aromatic N) is 1. The maximum Gasteiger partial charge on any atom is 0.483 e. The van der Waals surface area contributed by atoms with E-state index in [1.807, 2.05) is 4.98 Å². The zero-order valence-corrected chi connectivity index (χ0v) is 19.4. The Morgan fingerprint density at radius 3 is 2.22 bits per heavy atom. The third kappa shape index (κ3) is 6.54. The largest absolute Gasteiger partial charge is 0.483 e. The van der Waals surface area contributed by atoms with E-state index in [1.165, 1.54) is 0 Å². The molecule has 11 atom stereocenters. The molecule has 0 saturated carbocycles. The van der Waals surface area contributed by atoms with Gasteiger partial charge in [0.1, 0.15) is 42.7 Å². The summed E-state index contributed by atoms with van der Waals surface area (Å²) in [5.41, 5.74) is -1.79. The Kier molecular flexibility index (Phi) is 8.13. The number of rotatable bonds is 9. The summed E-state index contributed by atoms with van der Waals surface area (Å²) in [5, 5.41) is 59.1. The first-order valence-electron chi connectivity index (χ1n) is 10.8. The molecule has 3 heterocycles. The number of aromatic nitrogens is 2. The van der Waals surface area contributed by atoms with E-state index in [0.29, 0.717) is 4.57 Å². The number of H-pyrrole nitrogens is 1. The van der Waals surface area contributed by atoms with Crippen LogP contribution in [0, 0.1) is 0 Å². The molecule has 0 spiro atoms. The van der Waals surface area contributed by atoms with Crippen LogP contribution >= 0.6 is 15.6 Å². The summed E-state index contributed by atoms with van der Waals surface area (Å²) in [7, 11) is -11.3. The number of aliphatic hydroxyl groups excluding tert-OH is 5. The van der Waals surface area contributed by atoms with E-state index in [9.17, 15) is 59.1 Å². The first-order valence-corrected chi connectivity index (χ1v) is 12.8. The Morgan fingerprint density at radius 2 is 1.61 bits per heavy atom. The molecule has 2 aliphatic rings. The average Bonchev–Trinajstić information content (AvgIpc) is 3.05. The summed E-state index contributed by atoms with van der Waals surface area (Å²) < 4.78 is 62.2. The van der Waals surface area contributed by atoms with Crippen molar-refractivity contribution in [2.24, 2.45) is 0 Å². The molecule has 2 fully saturated rings. The predicted octanol–water partition coefficient (Wildman–Crippen LogP) is -4.79. The molecule has 2 unspecified atom stereocenters. The van der Waals surface area contributed by atoms with E-state index in [1.54, 1.807) is 0 Å². The second-order valence-electron chi connectivity index (χ2n) is 7.51. The van der Waals surface area contributed by atoms with Gasteiger partial charge in [-0.3, -0.25) is 23.4 Å². The fourth-order valence-corrected chi connectivity index (χ4v) is 5.40. The average molecular weight is 570 g/mol. The highest BCUT2D eigenvalue weighted by Gasteiger charge is 2.49. The second-order valence-corrected chi connectivity index (χ2v) is 10.5. The molecule has 0 amide bonds. The van der Waals surface area contributed by atoms with Crippen molar-refractivity contribution in [3.63, 3.8) is 0 Å². The van der Waals surface area contributed by atoms with Crippen LogP contribution in [0.15, 0.2) is 21.9 Å². The smallest absolute Gasteiger partial charge is 0.394 e. The summed E-state index contributed by atoms with van der Waals surface area (Å²) in [4.78, 5) is 44.6. The number of phosphoric ester groups is 2. The third-order valence-electron chi connectivity index (χ3n) is 5.00. The molecule has 0 bridgehead atoms. The maximum absolute atomic E-state index is 12.2. The van der Waals surface area contributed by atoms with Crippen molar-refractivity contribution < 1.29 is 75.1 Å². The van der Waals surface area contributed by atoms with Crippen molar-refractivity contribution in [3.05, 3.63) is 33.1 Å². The molecule has 1 aromatic heterocycles. The lowest BCUT2D eigenvalue weighted by Crippen LogP contribution is -2.58. The van der Waals surface area contributed by atoms with Crippen LogP contribution in [0.1, 0.15) is 8.97 Å². The van der Waals surface area contributed by atoms with E-state index >= 15 is 0 Å². The minimum absolute atomic E-state index is 0.697. The highest BCUT2D eigenvalue weighted by atomic mass is 31.3. The monoisotopic (exact) mass is 570 g/mol. The molecular formula is C15H24N2O17P2. The molecular weight excluding hydrogens is 542 g/mol. The van der Waals surface area contributed by atoms with E-state index < -0.39 is 95.3 Å². The van der Waals surface area contributed by atoms with Crippen LogP contribution in [0.5, 0.6) is 0 Å². The van der Waals surface area contributed by atoms with Crippen LogP contribution in [0.2, 0.25) is 0 Å². The topological polar surface area (TPSA) is 297 Å². The number of aliphatic hydroxyl groups is 6. The number of hydrogen-bond acceptors (Lipinski definition) is 15. The molecule has 1 aromatic rings. The second kappa shape index (κ2) is 11.2. The zero-order chi connectivity index (χ0) is 28.8. The molecule has 36 heavy (non-hydrogen) atoms. The summed E-state index contributed by atoms with van der Waals surface area (Å²) in [6.07, 6.45) is -17.5. The molecule has 9 N–H and O–H groups in total. The SMILES string of the molecule is [3H]C([3H])(O)[C@H]1O[C@H](OP(=O)(O)OP(=O)(O)OC[C@H]2O[C@@H](n3ccc(=O)[nH]c3=O)[C@H](O)[C@@H]2O)[C@H](O)[C@@H](O)[C@H]1O. The maximum atomic E-state index is 12.2. The van der Waals surface area contributed by atoms with E-state index in [0.717, 1.165) is 12.3 Å². The number of aromatic amines is 1. The highest BCUT2D eigenvalue weighted by molar-refractivity contribution is 7.61. The lowest BCUT2D eigenvalue weighted by atomic mass is 10.00. The Hall–Kier alpha value is -1.38. The minimum atomic E-state index is -5.76. The quantitative estimate of drug-likeness (QED) is 0.126. The van der Waals surface area contributed by atoms with E-state index in [2.05, 4.69) is 18.1 Å². The molecule has 21 heteroatoms. The van der Waals surface area contributed by atoms with Crippen molar-refractivity contribution >= 4 is 15.6 Å². The molecule has 2 saturated heterocycles. The third-order valence-corrected chi connectivity index (χ3v) is 7.61. The Bertz CT molecular complexity index is 1210. The summed E-state index contributed by atoms with van der Waals surface area (Å²) >= 11 is 0. The fraction of sp³-hybridized carbons (Fsp3) is 0.733. The van der Waals surface area contributed by atoms with Crippen molar-refractivity contribution in [1.29, 1.82) is 0 Å². The Morgan fingerprint density at radius 1 is 0.972 bits per heavy atom. The van der Waals surface area contributed by atoms with E-state index in [4.69, 9.17) is 7.48 Å². The first kappa shape index (κ1) is 26.2. The summed E-state index contributed by atoms with van der Waals surface area (Å²) in [6, 6.07) is 0.908. The summed E-state index contributed by atoms with van der Waals surface area (Å²) in [6.45, 7) is -4.43. The molecule has 3 rings (SSSR count). The molecule has 0 aromatic carbocycles. The van der Waals surface area contributed by atoms with Gasteiger partial charge in [-0.2, -0.15) is 4.31 Å². The molecule has 0 aliphatic carbocycles. The normalized spacial score (nSPS) is 39.6. The van der Waals surface area contributed by atoms with Gasteiger partial charge in [0.05, 0.1) is 15.9 Å². The number of ether oxygens (including phenoxy) is 2. The van der Waals surface area contributed by atoms with Gasteiger partial charge in [0, 0.05) is 12.3 Å². The van der Waals surface area contributed by atoms with Crippen LogP contribution in [0.25, 0.3) is 0 Å².